The summed E-state index contributed by atoms with van der Waals surface area (Å²) in [5.74, 6) is 0.669. The average molecular weight is 372 g/mol. The third-order valence-corrected chi connectivity index (χ3v) is 6.65. The summed E-state index contributed by atoms with van der Waals surface area (Å²) in [5.41, 5.74) is 2.75. The lowest BCUT2D eigenvalue weighted by atomic mass is 10.00. The summed E-state index contributed by atoms with van der Waals surface area (Å²) in [4.78, 5) is 14.5. The quantitative estimate of drug-likeness (QED) is 0.872. The molecular weight excluding hydrogens is 352 g/mol. The van der Waals surface area contributed by atoms with Gasteiger partial charge in [0.2, 0.25) is 0 Å². The molecule has 26 heavy (non-hydrogen) atoms. The largest absolute Gasteiger partial charge is 0.365 e. The number of nitrogens with zero attached hydrogens (tertiary/aromatic N) is 3. The van der Waals surface area contributed by atoms with Crippen molar-refractivity contribution in [1.82, 2.24) is 15.1 Å². The molecule has 1 amide bonds. The van der Waals surface area contributed by atoms with Crippen LogP contribution >= 0.6 is 0 Å². The fourth-order valence-corrected chi connectivity index (χ4v) is 5.15. The number of rotatable bonds is 3. The van der Waals surface area contributed by atoms with Crippen LogP contribution in [0.25, 0.3) is 0 Å². The van der Waals surface area contributed by atoms with Crippen molar-refractivity contribution < 1.29 is 13.2 Å². The first-order valence-electron chi connectivity index (χ1n) is 8.67. The van der Waals surface area contributed by atoms with Crippen molar-refractivity contribution in [3.63, 3.8) is 0 Å². The Labute approximate surface area is 152 Å². The van der Waals surface area contributed by atoms with E-state index in [9.17, 15) is 13.2 Å². The van der Waals surface area contributed by atoms with E-state index in [1.165, 1.54) is 11.1 Å². The molecule has 3 heterocycles. The molecule has 1 atom stereocenters. The maximum Gasteiger partial charge on any atom is 0.274 e. The molecule has 1 saturated heterocycles. The topological polar surface area (TPSA) is 92.3 Å². The molecule has 0 saturated carbocycles. The second kappa shape index (κ2) is 6.68. The highest BCUT2D eigenvalue weighted by molar-refractivity contribution is 7.91. The van der Waals surface area contributed by atoms with Gasteiger partial charge in [-0.05, 0) is 36.1 Å². The van der Waals surface area contributed by atoms with Gasteiger partial charge in [-0.1, -0.05) is 24.3 Å². The van der Waals surface area contributed by atoms with E-state index in [2.05, 4.69) is 21.6 Å². The molecule has 0 radical (unpaired) electrons. The number of aromatic nitrogens is 2. The molecule has 1 N–H and O–H groups in total. The molecule has 2 aliphatic rings. The minimum absolute atomic E-state index is 0.114. The van der Waals surface area contributed by atoms with Gasteiger partial charge in [0.25, 0.3) is 5.91 Å². The molecule has 0 spiro atoms. The van der Waals surface area contributed by atoms with Crippen molar-refractivity contribution >= 4 is 21.6 Å². The summed E-state index contributed by atoms with van der Waals surface area (Å²) in [6.45, 7) is 1.24. The lowest BCUT2D eigenvalue weighted by molar-refractivity contribution is 0.0727. The van der Waals surface area contributed by atoms with E-state index in [0.717, 1.165) is 6.42 Å². The van der Waals surface area contributed by atoms with Crippen LogP contribution < -0.4 is 5.32 Å². The van der Waals surface area contributed by atoms with E-state index in [1.54, 1.807) is 17.0 Å². The zero-order valence-corrected chi connectivity index (χ0v) is 15.1. The van der Waals surface area contributed by atoms with Crippen molar-refractivity contribution in [2.45, 2.75) is 25.4 Å². The van der Waals surface area contributed by atoms with Crippen LogP contribution in [0.1, 0.15) is 28.0 Å². The highest BCUT2D eigenvalue weighted by atomic mass is 32.2. The first-order valence-corrected chi connectivity index (χ1v) is 10.5. The predicted octanol–water partition coefficient (Wildman–Crippen LogP) is 1.27. The first-order chi connectivity index (χ1) is 12.5. The van der Waals surface area contributed by atoms with Gasteiger partial charge in [0.15, 0.2) is 15.5 Å². The van der Waals surface area contributed by atoms with E-state index in [4.69, 9.17) is 0 Å². The number of hydrogen-bond donors (Lipinski definition) is 1. The van der Waals surface area contributed by atoms with Gasteiger partial charge < -0.3 is 10.2 Å². The Balaban J connectivity index is 1.41. The van der Waals surface area contributed by atoms with E-state index < -0.39 is 9.84 Å². The number of carbonyl (C=O) groups is 1. The van der Waals surface area contributed by atoms with Crippen LogP contribution in [0.4, 0.5) is 5.82 Å². The number of fused-ring (bicyclic) bond motifs is 1. The number of carbonyl (C=O) groups excluding carboxylic acids is 1. The van der Waals surface area contributed by atoms with Crippen molar-refractivity contribution in [3.05, 3.63) is 53.2 Å². The molecule has 1 unspecified atom stereocenters. The Hall–Kier alpha value is -2.48. The number of anilines is 1. The van der Waals surface area contributed by atoms with Crippen LogP contribution in [0.5, 0.6) is 0 Å². The summed E-state index contributed by atoms with van der Waals surface area (Å²) in [7, 11) is -2.95. The number of benzene rings is 1. The Bertz CT molecular complexity index is 928. The summed E-state index contributed by atoms with van der Waals surface area (Å²) in [6, 6.07) is 11.3. The Morgan fingerprint density at radius 3 is 2.62 bits per heavy atom. The van der Waals surface area contributed by atoms with Gasteiger partial charge in [-0.25, -0.2) is 8.42 Å². The molecule has 8 heteroatoms. The Morgan fingerprint density at radius 2 is 1.92 bits per heavy atom. The van der Waals surface area contributed by atoms with Crippen molar-refractivity contribution in [3.8, 4) is 0 Å². The minimum atomic E-state index is -2.95. The smallest absolute Gasteiger partial charge is 0.274 e. The van der Waals surface area contributed by atoms with Crippen molar-refractivity contribution in [2.24, 2.45) is 0 Å². The van der Waals surface area contributed by atoms with E-state index in [0.29, 0.717) is 31.0 Å². The number of hydrogen-bond acceptors (Lipinski definition) is 6. The summed E-state index contributed by atoms with van der Waals surface area (Å²) >= 11 is 0. The molecule has 1 aromatic carbocycles. The zero-order valence-electron chi connectivity index (χ0n) is 14.3. The molecule has 2 aliphatic heterocycles. The fraction of sp³-hybridized carbons (Fsp3) is 0.389. The Kier molecular flexibility index (Phi) is 4.36. The van der Waals surface area contributed by atoms with Crippen LogP contribution in [0, 0.1) is 0 Å². The Morgan fingerprint density at radius 1 is 1.12 bits per heavy atom. The van der Waals surface area contributed by atoms with Gasteiger partial charge >= 0.3 is 0 Å². The number of sulfone groups is 1. The standard InChI is InChI=1S/C18H20N4O3S/c23-18(22-9-7-13-3-1-2-4-14(13)11-22)16-5-6-17(21-20-16)19-15-8-10-26(24,25)12-15/h1-6,15H,7-12H2,(H,19,21). The highest BCUT2D eigenvalue weighted by Crippen LogP contribution is 2.20. The molecule has 7 nitrogen and oxygen atoms in total. The van der Waals surface area contributed by atoms with Gasteiger partial charge in [-0.3, -0.25) is 4.79 Å². The SMILES string of the molecule is O=C(c1ccc(NC2CCS(=O)(=O)C2)nn1)N1CCc2ccccc2C1. The van der Waals surface area contributed by atoms with Crippen molar-refractivity contribution in [1.29, 1.82) is 0 Å². The molecule has 1 fully saturated rings. The lowest BCUT2D eigenvalue weighted by Gasteiger charge is -2.28. The third kappa shape index (κ3) is 3.55. The third-order valence-electron chi connectivity index (χ3n) is 4.89. The van der Waals surface area contributed by atoms with Crippen LogP contribution in [0.15, 0.2) is 36.4 Å². The fourth-order valence-electron chi connectivity index (χ4n) is 3.47. The van der Waals surface area contributed by atoms with E-state index in [1.807, 2.05) is 18.2 Å². The molecule has 2 aromatic rings. The minimum Gasteiger partial charge on any atom is -0.365 e. The van der Waals surface area contributed by atoms with Gasteiger partial charge in [0, 0.05) is 19.1 Å². The molecule has 0 aliphatic carbocycles. The van der Waals surface area contributed by atoms with Crippen LogP contribution in [-0.4, -0.2) is 53.5 Å². The zero-order chi connectivity index (χ0) is 18.1. The van der Waals surface area contributed by atoms with Crippen LogP contribution in [-0.2, 0) is 22.8 Å². The monoisotopic (exact) mass is 372 g/mol. The average Bonchev–Trinajstić information content (AvgIpc) is 2.99. The summed E-state index contributed by atoms with van der Waals surface area (Å²) in [5, 5.41) is 11.2. The van der Waals surface area contributed by atoms with Gasteiger partial charge in [0.05, 0.1) is 11.5 Å². The van der Waals surface area contributed by atoms with E-state index >= 15 is 0 Å². The maximum atomic E-state index is 12.7. The normalized spacial score (nSPS) is 21.2. The van der Waals surface area contributed by atoms with E-state index in [-0.39, 0.29) is 23.5 Å². The lowest BCUT2D eigenvalue weighted by Crippen LogP contribution is -2.36. The second-order valence-electron chi connectivity index (χ2n) is 6.79. The summed E-state index contributed by atoms with van der Waals surface area (Å²) < 4.78 is 23.0. The highest BCUT2D eigenvalue weighted by Gasteiger charge is 2.28. The number of nitrogens with one attached hydrogen (secondary N) is 1. The van der Waals surface area contributed by atoms with Crippen LogP contribution in [0.3, 0.4) is 0 Å². The van der Waals surface area contributed by atoms with Gasteiger partial charge in [-0.2, -0.15) is 0 Å². The molecular formula is C18H20N4O3S. The van der Waals surface area contributed by atoms with Crippen LogP contribution in [0.2, 0.25) is 0 Å². The van der Waals surface area contributed by atoms with Gasteiger partial charge in [-0.15, -0.1) is 10.2 Å². The predicted molar refractivity (Wildman–Crippen MR) is 97.6 cm³/mol. The van der Waals surface area contributed by atoms with Gasteiger partial charge in [0.1, 0.15) is 5.82 Å². The maximum absolute atomic E-state index is 12.7. The second-order valence-corrected chi connectivity index (χ2v) is 9.02. The summed E-state index contributed by atoms with van der Waals surface area (Å²) in [6.07, 6.45) is 1.41. The molecule has 1 aromatic heterocycles. The molecule has 136 valence electrons. The molecule has 0 bridgehead atoms. The molecule has 4 rings (SSSR count). The number of amides is 1. The first kappa shape index (κ1) is 17.0. The van der Waals surface area contributed by atoms with Crippen molar-refractivity contribution in [2.75, 3.05) is 23.4 Å².